The van der Waals surface area contributed by atoms with E-state index >= 15 is 0 Å². The molecule has 0 spiro atoms. The van der Waals surface area contributed by atoms with Gasteiger partial charge in [-0.3, -0.25) is 0 Å². The van der Waals surface area contributed by atoms with Crippen LogP contribution in [0.4, 0.5) is 0 Å². The average molecular weight is 192 g/mol. The molecule has 0 saturated carbocycles. The molecule has 66 valence electrons. The zero-order valence-corrected chi connectivity index (χ0v) is 9.32. The third-order valence-corrected chi connectivity index (χ3v) is 4.20. The fourth-order valence-corrected chi connectivity index (χ4v) is 2.53. The monoisotopic (exact) mass is 191 g/mol. The number of likely N-dealkylation sites (tertiary alicyclic amines) is 1. The van der Waals surface area contributed by atoms with Crippen LogP contribution in [0.15, 0.2) is 0 Å². The number of hydrogen-bond donors (Lipinski definition) is 0. The highest BCUT2D eigenvalue weighted by molar-refractivity contribution is 7.19. The van der Waals surface area contributed by atoms with Crippen molar-refractivity contribution >= 4 is 18.5 Å². The largest absolute Gasteiger partial charge is 0.304 e. The minimum Gasteiger partial charge on any atom is -0.304 e. The highest BCUT2D eigenvalue weighted by Gasteiger charge is 2.19. The zero-order valence-electron chi connectivity index (χ0n) is 7.57. The van der Waals surface area contributed by atoms with E-state index in [1.54, 1.807) is 0 Å². The van der Waals surface area contributed by atoms with Crippen LogP contribution in [-0.2, 0) is 0 Å². The topological polar surface area (TPSA) is 3.24 Å². The molecule has 1 rings (SSSR count). The van der Waals surface area contributed by atoms with Gasteiger partial charge in [0.05, 0.1) is 0 Å². The molecule has 3 heteroatoms. The Labute approximate surface area is 75.4 Å². The van der Waals surface area contributed by atoms with Gasteiger partial charge in [0.15, 0.2) is 7.38 Å². The van der Waals surface area contributed by atoms with Crippen LogP contribution in [0.5, 0.6) is 0 Å². The minimum absolute atomic E-state index is 1.24. The molecule has 1 aliphatic heterocycles. The van der Waals surface area contributed by atoms with Crippen molar-refractivity contribution in [2.24, 2.45) is 0 Å². The summed E-state index contributed by atoms with van der Waals surface area (Å²) in [5.41, 5.74) is 0. The van der Waals surface area contributed by atoms with E-state index in [1.807, 2.05) is 0 Å². The van der Waals surface area contributed by atoms with E-state index in [0.29, 0.717) is 0 Å². The van der Waals surface area contributed by atoms with Crippen LogP contribution in [0, 0.1) is 0 Å². The number of rotatable bonds is 3. The molecule has 1 nitrogen and oxygen atoms in total. The van der Waals surface area contributed by atoms with Crippen molar-refractivity contribution in [2.75, 3.05) is 19.6 Å². The predicted octanol–water partition coefficient (Wildman–Crippen LogP) is 2.53. The Bertz CT molecular complexity index is 116. The molecule has 0 amide bonds. The van der Waals surface area contributed by atoms with Crippen molar-refractivity contribution in [2.45, 2.75) is 32.0 Å². The molecule has 0 bridgehead atoms. The predicted molar refractivity (Wildman–Crippen MR) is 53.8 cm³/mol. The first-order valence-corrected chi connectivity index (χ1v) is 8.71. The second kappa shape index (κ2) is 3.92. The van der Waals surface area contributed by atoms with Crippen molar-refractivity contribution in [1.82, 2.24) is 4.90 Å². The van der Waals surface area contributed by atoms with Gasteiger partial charge in [-0.05, 0) is 38.5 Å². The van der Waals surface area contributed by atoms with Crippen LogP contribution in [0.1, 0.15) is 12.8 Å². The van der Waals surface area contributed by atoms with E-state index in [4.69, 9.17) is 11.1 Å². The van der Waals surface area contributed by atoms with E-state index < -0.39 is 7.38 Å². The van der Waals surface area contributed by atoms with Crippen molar-refractivity contribution < 1.29 is 0 Å². The molecule has 0 aromatic rings. The van der Waals surface area contributed by atoms with Gasteiger partial charge in [0.25, 0.3) is 0 Å². The molecular formula is C8H18ClNSi. The summed E-state index contributed by atoms with van der Waals surface area (Å²) in [4.78, 5) is 2.54. The first-order valence-electron chi connectivity index (χ1n) is 4.49. The van der Waals surface area contributed by atoms with Crippen molar-refractivity contribution in [3.63, 3.8) is 0 Å². The fourth-order valence-electron chi connectivity index (χ4n) is 1.43. The lowest BCUT2D eigenvalue weighted by molar-refractivity contribution is 0.357. The molecule has 0 unspecified atom stereocenters. The van der Waals surface area contributed by atoms with E-state index in [2.05, 4.69) is 18.0 Å². The SMILES string of the molecule is C[Si](C)(Cl)CCN1CCCC1. The number of halogens is 1. The summed E-state index contributed by atoms with van der Waals surface area (Å²) in [5.74, 6) is 0. The Morgan fingerprint density at radius 3 is 2.27 bits per heavy atom. The van der Waals surface area contributed by atoms with Gasteiger partial charge in [-0.1, -0.05) is 13.1 Å². The maximum absolute atomic E-state index is 6.22. The molecule has 0 N–H and O–H groups in total. The van der Waals surface area contributed by atoms with Gasteiger partial charge in [0.1, 0.15) is 0 Å². The summed E-state index contributed by atoms with van der Waals surface area (Å²) >= 11 is 6.22. The molecule has 1 saturated heterocycles. The second-order valence-electron chi connectivity index (χ2n) is 4.02. The molecule has 0 atom stereocenters. The Morgan fingerprint density at radius 1 is 1.27 bits per heavy atom. The normalized spacial score (nSPS) is 21.0. The molecule has 1 heterocycles. The molecular weight excluding hydrogens is 174 g/mol. The van der Waals surface area contributed by atoms with Gasteiger partial charge < -0.3 is 4.90 Å². The van der Waals surface area contributed by atoms with Gasteiger partial charge in [-0.15, -0.1) is 0 Å². The van der Waals surface area contributed by atoms with Crippen molar-refractivity contribution in [3.05, 3.63) is 0 Å². The third-order valence-electron chi connectivity index (χ3n) is 2.22. The second-order valence-corrected chi connectivity index (χ2v) is 11.0. The van der Waals surface area contributed by atoms with Crippen LogP contribution in [0.3, 0.4) is 0 Å². The summed E-state index contributed by atoms with van der Waals surface area (Å²) in [6.07, 6.45) is 2.79. The average Bonchev–Trinajstić information content (AvgIpc) is 2.32. The summed E-state index contributed by atoms with van der Waals surface area (Å²) in [6, 6.07) is 1.24. The first-order chi connectivity index (χ1) is 5.08. The maximum atomic E-state index is 6.22. The highest BCUT2D eigenvalue weighted by atomic mass is 35.6. The zero-order chi connectivity index (χ0) is 8.32. The van der Waals surface area contributed by atoms with Crippen LogP contribution in [0.25, 0.3) is 0 Å². The van der Waals surface area contributed by atoms with Crippen molar-refractivity contribution in [1.29, 1.82) is 0 Å². The Hall–Kier alpha value is 0.467. The Balaban J connectivity index is 2.11. The smallest absolute Gasteiger partial charge is 0.151 e. The standard InChI is InChI=1S/C8H18ClNSi/c1-11(2,9)8-7-10-5-3-4-6-10/h3-8H2,1-2H3. The minimum atomic E-state index is -1.29. The van der Waals surface area contributed by atoms with Crippen LogP contribution < -0.4 is 0 Å². The lowest BCUT2D eigenvalue weighted by atomic mass is 10.4. The molecule has 0 aliphatic carbocycles. The molecule has 0 aromatic heterocycles. The van der Waals surface area contributed by atoms with Gasteiger partial charge in [0, 0.05) is 0 Å². The third kappa shape index (κ3) is 4.14. The maximum Gasteiger partial charge on any atom is 0.151 e. The summed E-state index contributed by atoms with van der Waals surface area (Å²) < 4.78 is 0. The summed E-state index contributed by atoms with van der Waals surface area (Å²) in [7, 11) is -1.29. The van der Waals surface area contributed by atoms with E-state index in [9.17, 15) is 0 Å². The van der Waals surface area contributed by atoms with E-state index in [1.165, 1.54) is 38.5 Å². The van der Waals surface area contributed by atoms with Crippen molar-refractivity contribution in [3.8, 4) is 0 Å². The molecule has 1 fully saturated rings. The van der Waals surface area contributed by atoms with Gasteiger partial charge >= 0.3 is 0 Å². The Kier molecular flexibility index (Phi) is 3.41. The fraction of sp³-hybridized carbons (Fsp3) is 1.00. The van der Waals surface area contributed by atoms with E-state index in [0.717, 1.165) is 0 Å². The molecule has 11 heavy (non-hydrogen) atoms. The van der Waals surface area contributed by atoms with E-state index in [-0.39, 0.29) is 0 Å². The molecule has 0 aromatic carbocycles. The van der Waals surface area contributed by atoms with Crippen LogP contribution >= 0.6 is 11.1 Å². The Morgan fingerprint density at radius 2 is 1.82 bits per heavy atom. The lowest BCUT2D eigenvalue weighted by Crippen LogP contribution is -2.27. The summed E-state index contributed by atoms with van der Waals surface area (Å²) in [5, 5.41) is 0. The quantitative estimate of drug-likeness (QED) is 0.490. The first kappa shape index (κ1) is 9.55. The van der Waals surface area contributed by atoms with Gasteiger partial charge in [0.2, 0.25) is 0 Å². The molecule has 1 aliphatic rings. The number of nitrogens with zero attached hydrogens (tertiary/aromatic N) is 1. The lowest BCUT2D eigenvalue weighted by Gasteiger charge is -2.19. The van der Waals surface area contributed by atoms with Crippen LogP contribution in [0.2, 0.25) is 19.1 Å². The van der Waals surface area contributed by atoms with Gasteiger partial charge in [-0.2, -0.15) is 11.1 Å². The van der Waals surface area contributed by atoms with Crippen LogP contribution in [-0.4, -0.2) is 31.9 Å². The highest BCUT2D eigenvalue weighted by Crippen LogP contribution is 2.16. The molecule has 0 radical (unpaired) electrons. The summed E-state index contributed by atoms with van der Waals surface area (Å²) in [6.45, 7) is 8.31. The van der Waals surface area contributed by atoms with Gasteiger partial charge in [-0.25, -0.2) is 0 Å². The number of hydrogen-bond acceptors (Lipinski definition) is 1.